The minimum atomic E-state index is -0.270. The molecule has 1 N–H and O–H groups in total. The van der Waals surface area contributed by atoms with Gasteiger partial charge in [-0.25, -0.2) is 9.37 Å². The van der Waals surface area contributed by atoms with Crippen LogP contribution in [0.2, 0.25) is 0 Å². The normalized spacial score (nSPS) is 18.3. The van der Waals surface area contributed by atoms with E-state index in [2.05, 4.69) is 39.0 Å². The van der Waals surface area contributed by atoms with Crippen molar-refractivity contribution in [3.63, 3.8) is 0 Å². The number of pyridine rings is 1. The predicted octanol–water partition coefficient (Wildman–Crippen LogP) is 3.49. The lowest BCUT2D eigenvalue weighted by Gasteiger charge is -2.41. The van der Waals surface area contributed by atoms with Crippen LogP contribution in [0.1, 0.15) is 17.7 Å². The van der Waals surface area contributed by atoms with Crippen LogP contribution in [0.25, 0.3) is 10.9 Å². The van der Waals surface area contributed by atoms with Crippen LogP contribution in [0.4, 0.5) is 4.39 Å². The van der Waals surface area contributed by atoms with Gasteiger partial charge in [0, 0.05) is 50.8 Å². The van der Waals surface area contributed by atoms with Gasteiger partial charge in [0.15, 0.2) is 0 Å². The Balaban J connectivity index is 1.39. The van der Waals surface area contributed by atoms with Crippen molar-refractivity contribution >= 4 is 10.9 Å². The van der Waals surface area contributed by atoms with Gasteiger partial charge in [0.25, 0.3) is 0 Å². The summed E-state index contributed by atoms with van der Waals surface area (Å²) in [6.45, 7) is 4.72. The number of hydrogen-bond acceptors (Lipinski definition) is 4. The first-order chi connectivity index (χ1) is 14.2. The molecular weight excluding hydrogens is 365 g/mol. The van der Waals surface area contributed by atoms with E-state index in [1.165, 1.54) is 11.6 Å². The number of aromatic nitrogens is 1. The van der Waals surface area contributed by atoms with Crippen molar-refractivity contribution in [3.05, 3.63) is 77.7 Å². The van der Waals surface area contributed by atoms with Gasteiger partial charge in [0.05, 0.1) is 5.69 Å². The van der Waals surface area contributed by atoms with Gasteiger partial charge in [-0.15, -0.1) is 0 Å². The Morgan fingerprint density at radius 2 is 1.86 bits per heavy atom. The smallest absolute Gasteiger partial charge is 0.149 e. The van der Waals surface area contributed by atoms with Crippen LogP contribution in [0.3, 0.4) is 0 Å². The van der Waals surface area contributed by atoms with Gasteiger partial charge < -0.3 is 5.11 Å². The Labute approximate surface area is 171 Å². The Morgan fingerprint density at radius 1 is 1.00 bits per heavy atom. The van der Waals surface area contributed by atoms with Crippen LogP contribution in [-0.4, -0.2) is 58.7 Å². The summed E-state index contributed by atoms with van der Waals surface area (Å²) < 4.78 is 14.1. The Morgan fingerprint density at radius 3 is 2.69 bits per heavy atom. The van der Waals surface area contributed by atoms with Crippen molar-refractivity contribution in [2.75, 3.05) is 32.8 Å². The van der Waals surface area contributed by atoms with E-state index in [1.54, 1.807) is 6.07 Å². The molecule has 0 bridgehead atoms. The zero-order chi connectivity index (χ0) is 20.1. The summed E-state index contributed by atoms with van der Waals surface area (Å²) in [5.74, 6) is -0.270. The number of rotatable bonds is 7. The number of aliphatic hydroxyl groups excluding tert-OH is 1. The number of halogens is 1. The van der Waals surface area contributed by atoms with E-state index in [0.29, 0.717) is 18.1 Å². The van der Waals surface area contributed by atoms with Gasteiger partial charge in [-0.3, -0.25) is 9.80 Å². The molecule has 0 amide bonds. The van der Waals surface area contributed by atoms with Crippen LogP contribution < -0.4 is 0 Å². The first-order valence-corrected chi connectivity index (χ1v) is 10.4. The maximum Gasteiger partial charge on any atom is 0.149 e. The molecule has 152 valence electrons. The van der Waals surface area contributed by atoms with Gasteiger partial charge >= 0.3 is 0 Å². The number of piperazine rings is 1. The molecule has 3 aromatic rings. The molecule has 0 unspecified atom stereocenters. The molecule has 2 heterocycles. The van der Waals surface area contributed by atoms with E-state index < -0.39 is 0 Å². The summed E-state index contributed by atoms with van der Waals surface area (Å²) in [6.07, 6.45) is 1.79. The average Bonchev–Trinajstić information content (AvgIpc) is 2.75. The molecular formula is C24H28FN3O. The topological polar surface area (TPSA) is 39.6 Å². The van der Waals surface area contributed by atoms with Crippen LogP contribution in [0, 0.1) is 5.82 Å². The van der Waals surface area contributed by atoms with Crippen molar-refractivity contribution < 1.29 is 9.50 Å². The number of nitrogens with zero attached hydrogens (tertiary/aromatic N) is 3. The third-order valence-electron chi connectivity index (χ3n) is 5.80. The van der Waals surface area contributed by atoms with Gasteiger partial charge in [-0.1, -0.05) is 48.5 Å². The highest BCUT2D eigenvalue weighted by Gasteiger charge is 2.26. The zero-order valence-electron chi connectivity index (χ0n) is 16.7. The SMILES string of the molecule is OCC[C@@H]1CN(Cc2ccc3cccc(F)c3n2)CCN1CCc1ccccc1. The minimum absolute atomic E-state index is 0.194. The van der Waals surface area contributed by atoms with Gasteiger partial charge in [-0.05, 0) is 30.5 Å². The molecule has 0 saturated carbocycles. The number of aliphatic hydroxyl groups is 1. The fourth-order valence-corrected chi connectivity index (χ4v) is 4.20. The second-order valence-electron chi connectivity index (χ2n) is 7.79. The fraction of sp³-hybridized carbons (Fsp3) is 0.375. The second kappa shape index (κ2) is 9.44. The van der Waals surface area contributed by atoms with Crippen LogP contribution in [-0.2, 0) is 13.0 Å². The average molecular weight is 394 g/mol. The molecule has 29 heavy (non-hydrogen) atoms. The zero-order valence-corrected chi connectivity index (χ0v) is 16.7. The highest BCUT2D eigenvalue weighted by molar-refractivity contribution is 5.79. The van der Waals surface area contributed by atoms with Crippen molar-refractivity contribution in [1.29, 1.82) is 0 Å². The number of hydrogen-bond donors (Lipinski definition) is 1. The standard InChI is InChI=1S/C24H28FN3O/c25-23-8-4-7-20-9-10-21(26-24(20)23)17-27-14-15-28(22(18-27)12-16-29)13-11-19-5-2-1-3-6-19/h1-10,22,29H,11-18H2/t22-/m1/s1. The van der Waals surface area contributed by atoms with Gasteiger partial charge in [-0.2, -0.15) is 0 Å². The number of benzene rings is 2. The number of fused-ring (bicyclic) bond motifs is 1. The third kappa shape index (κ3) is 4.99. The maximum absolute atomic E-state index is 14.1. The molecule has 4 rings (SSSR count). The summed E-state index contributed by atoms with van der Waals surface area (Å²) in [5.41, 5.74) is 2.68. The molecule has 5 heteroatoms. The second-order valence-corrected chi connectivity index (χ2v) is 7.79. The molecule has 1 saturated heterocycles. The summed E-state index contributed by atoms with van der Waals surface area (Å²) in [7, 11) is 0. The Kier molecular flexibility index (Phi) is 6.49. The monoisotopic (exact) mass is 393 g/mol. The van der Waals surface area contributed by atoms with Gasteiger partial charge in [0.1, 0.15) is 11.3 Å². The lowest BCUT2D eigenvalue weighted by molar-refractivity contribution is 0.0556. The first-order valence-electron chi connectivity index (χ1n) is 10.4. The van der Waals surface area contributed by atoms with E-state index in [0.717, 1.165) is 50.1 Å². The molecule has 0 spiro atoms. The van der Waals surface area contributed by atoms with E-state index in [-0.39, 0.29) is 12.4 Å². The highest BCUT2D eigenvalue weighted by Crippen LogP contribution is 2.19. The van der Waals surface area contributed by atoms with E-state index in [4.69, 9.17) is 0 Å². The summed E-state index contributed by atoms with van der Waals surface area (Å²) in [4.78, 5) is 9.42. The quantitative estimate of drug-likeness (QED) is 0.667. The van der Waals surface area contributed by atoms with Crippen molar-refractivity contribution in [2.24, 2.45) is 0 Å². The molecule has 0 aliphatic carbocycles. The molecule has 1 aromatic heterocycles. The van der Waals surface area contributed by atoms with E-state index >= 15 is 0 Å². The summed E-state index contributed by atoms with van der Waals surface area (Å²) in [5, 5.41) is 10.4. The van der Waals surface area contributed by atoms with E-state index in [9.17, 15) is 9.50 Å². The van der Waals surface area contributed by atoms with Crippen LogP contribution in [0.15, 0.2) is 60.7 Å². The molecule has 1 aliphatic rings. The van der Waals surface area contributed by atoms with Crippen molar-refractivity contribution in [1.82, 2.24) is 14.8 Å². The first kappa shape index (κ1) is 20.0. The molecule has 1 fully saturated rings. The Bertz CT molecular complexity index is 934. The van der Waals surface area contributed by atoms with Crippen LogP contribution >= 0.6 is 0 Å². The lowest BCUT2D eigenvalue weighted by atomic mass is 10.1. The Hall–Kier alpha value is -2.34. The van der Waals surface area contributed by atoms with E-state index in [1.807, 2.05) is 24.3 Å². The third-order valence-corrected chi connectivity index (χ3v) is 5.80. The highest BCUT2D eigenvalue weighted by atomic mass is 19.1. The van der Waals surface area contributed by atoms with Gasteiger partial charge in [0.2, 0.25) is 0 Å². The number of para-hydroxylation sites is 1. The molecule has 0 radical (unpaired) electrons. The largest absolute Gasteiger partial charge is 0.396 e. The molecule has 2 aromatic carbocycles. The minimum Gasteiger partial charge on any atom is -0.396 e. The molecule has 1 atom stereocenters. The summed E-state index contributed by atoms with van der Waals surface area (Å²) in [6, 6.07) is 19.9. The molecule has 4 nitrogen and oxygen atoms in total. The van der Waals surface area contributed by atoms with Crippen LogP contribution in [0.5, 0.6) is 0 Å². The predicted molar refractivity (Wildman–Crippen MR) is 114 cm³/mol. The van der Waals surface area contributed by atoms with Crippen molar-refractivity contribution in [3.8, 4) is 0 Å². The fourth-order valence-electron chi connectivity index (χ4n) is 4.20. The molecule has 1 aliphatic heterocycles. The maximum atomic E-state index is 14.1. The summed E-state index contributed by atoms with van der Waals surface area (Å²) >= 11 is 0. The van der Waals surface area contributed by atoms with Crippen molar-refractivity contribution in [2.45, 2.75) is 25.4 Å². The lowest BCUT2D eigenvalue weighted by Crippen LogP contribution is -2.53.